The van der Waals surface area contributed by atoms with Crippen LogP contribution < -0.4 is 0 Å². The zero-order valence-corrected chi connectivity index (χ0v) is 14.1. The van der Waals surface area contributed by atoms with E-state index in [2.05, 4.69) is 0 Å². The van der Waals surface area contributed by atoms with Crippen LogP contribution in [-0.2, 0) is 10.0 Å². The Morgan fingerprint density at radius 2 is 1.71 bits per heavy atom. The van der Waals surface area contributed by atoms with Crippen molar-refractivity contribution in [3.8, 4) is 0 Å². The number of nitrogens with zero attached hydrogens (tertiary/aromatic N) is 1. The summed E-state index contributed by atoms with van der Waals surface area (Å²) in [5, 5.41) is 10.2. The highest BCUT2D eigenvalue weighted by Gasteiger charge is 2.46. The maximum absolute atomic E-state index is 12.8. The summed E-state index contributed by atoms with van der Waals surface area (Å²) in [4.78, 5) is -0.107. The highest BCUT2D eigenvalue weighted by Crippen LogP contribution is 2.42. The van der Waals surface area contributed by atoms with Crippen molar-refractivity contribution in [3.05, 3.63) is 27.2 Å². The summed E-state index contributed by atoms with van der Waals surface area (Å²) in [5.41, 5.74) is 0. The smallest absolute Gasteiger partial charge is 0.246 e. The van der Waals surface area contributed by atoms with E-state index in [0.29, 0.717) is 13.1 Å². The van der Waals surface area contributed by atoms with Gasteiger partial charge in [-0.25, -0.2) is 8.42 Å². The van der Waals surface area contributed by atoms with Crippen molar-refractivity contribution >= 4 is 44.8 Å². The molecule has 1 N–H and O–H groups in total. The van der Waals surface area contributed by atoms with Crippen molar-refractivity contribution in [1.29, 1.82) is 0 Å². The molecule has 21 heavy (non-hydrogen) atoms. The highest BCUT2D eigenvalue weighted by molar-refractivity contribution is 7.89. The summed E-state index contributed by atoms with van der Waals surface area (Å²) in [6.45, 7) is 0.711. The average Bonchev–Trinajstić information content (AvgIpc) is 2.90. The van der Waals surface area contributed by atoms with E-state index >= 15 is 0 Å². The van der Waals surface area contributed by atoms with Crippen LogP contribution in [0.15, 0.2) is 17.0 Å². The molecule has 4 nitrogen and oxygen atoms in total. The lowest BCUT2D eigenvalue weighted by Gasteiger charge is -2.20. The molecule has 1 aromatic rings. The molecule has 3 atom stereocenters. The Morgan fingerprint density at radius 3 is 2.29 bits per heavy atom. The van der Waals surface area contributed by atoms with E-state index in [-0.39, 0.29) is 31.8 Å². The molecule has 8 heteroatoms. The van der Waals surface area contributed by atoms with E-state index in [1.54, 1.807) is 0 Å². The lowest BCUT2D eigenvalue weighted by Crippen LogP contribution is -2.31. The summed E-state index contributed by atoms with van der Waals surface area (Å²) in [7, 11) is -3.78. The molecule has 3 rings (SSSR count). The molecule has 1 aromatic carbocycles. The number of aliphatic hydroxyl groups excluding tert-OH is 1. The van der Waals surface area contributed by atoms with Crippen LogP contribution >= 0.6 is 34.8 Å². The summed E-state index contributed by atoms with van der Waals surface area (Å²) in [5.74, 6) is 0.212. The molecule has 1 aliphatic heterocycles. The maximum Gasteiger partial charge on any atom is 0.246 e. The number of fused-ring (bicyclic) bond motifs is 1. The highest BCUT2D eigenvalue weighted by atomic mass is 35.5. The second-order valence-electron chi connectivity index (χ2n) is 5.59. The van der Waals surface area contributed by atoms with E-state index < -0.39 is 16.1 Å². The fourth-order valence-electron chi connectivity index (χ4n) is 3.30. The molecule has 1 saturated heterocycles. The SMILES string of the molecule is O=S(=O)(c1c(Cl)cc(Cl)cc1Cl)N1CC2CCC(O)C2C1. The number of hydrogen-bond acceptors (Lipinski definition) is 3. The largest absolute Gasteiger partial charge is 0.393 e. The molecule has 1 saturated carbocycles. The fraction of sp³-hybridized carbons (Fsp3) is 0.538. The van der Waals surface area contributed by atoms with E-state index in [1.165, 1.54) is 16.4 Å². The van der Waals surface area contributed by atoms with Crippen LogP contribution in [0.25, 0.3) is 0 Å². The predicted molar refractivity (Wildman–Crippen MR) is 82.5 cm³/mol. The number of sulfonamides is 1. The third kappa shape index (κ3) is 2.69. The van der Waals surface area contributed by atoms with Crippen molar-refractivity contribution in [2.45, 2.75) is 23.8 Å². The number of benzene rings is 1. The fourth-order valence-corrected chi connectivity index (χ4v) is 6.32. The van der Waals surface area contributed by atoms with Gasteiger partial charge in [0.05, 0.1) is 16.1 Å². The molecule has 1 heterocycles. The van der Waals surface area contributed by atoms with Crippen LogP contribution in [0, 0.1) is 11.8 Å². The van der Waals surface area contributed by atoms with Crippen molar-refractivity contribution in [3.63, 3.8) is 0 Å². The first-order valence-electron chi connectivity index (χ1n) is 6.63. The van der Waals surface area contributed by atoms with Gasteiger partial charge in [0, 0.05) is 24.0 Å². The molecule has 0 bridgehead atoms. The average molecular weight is 371 g/mol. The zero-order valence-electron chi connectivity index (χ0n) is 11.0. The van der Waals surface area contributed by atoms with Crippen LogP contribution in [0.4, 0.5) is 0 Å². The molecular weight excluding hydrogens is 357 g/mol. The minimum atomic E-state index is -3.78. The van der Waals surface area contributed by atoms with Gasteiger partial charge in [-0.05, 0) is 30.9 Å². The van der Waals surface area contributed by atoms with Gasteiger partial charge < -0.3 is 5.11 Å². The number of hydrogen-bond donors (Lipinski definition) is 1. The summed E-state index contributed by atoms with van der Waals surface area (Å²) < 4.78 is 26.9. The Hall–Kier alpha value is -0.0400. The molecular formula is C13H14Cl3NO3S. The van der Waals surface area contributed by atoms with Gasteiger partial charge in [-0.1, -0.05) is 34.8 Å². The number of halogens is 3. The lowest BCUT2D eigenvalue weighted by molar-refractivity contribution is 0.129. The normalized spacial score (nSPS) is 29.8. The Balaban J connectivity index is 1.96. The predicted octanol–water partition coefficient (Wildman–Crippen LogP) is 3.04. The molecule has 3 unspecified atom stereocenters. The van der Waals surface area contributed by atoms with Crippen LogP contribution in [0.3, 0.4) is 0 Å². The topological polar surface area (TPSA) is 57.6 Å². The molecule has 116 valence electrons. The summed E-state index contributed by atoms with van der Waals surface area (Å²) in [6, 6.07) is 2.74. The molecule has 0 aromatic heterocycles. The van der Waals surface area contributed by atoms with Gasteiger partial charge in [-0.2, -0.15) is 4.31 Å². The van der Waals surface area contributed by atoms with Gasteiger partial charge in [-0.15, -0.1) is 0 Å². The van der Waals surface area contributed by atoms with Gasteiger partial charge in [0.25, 0.3) is 0 Å². The summed E-state index contributed by atoms with van der Waals surface area (Å²) >= 11 is 17.9. The van der Waals surface area contributed by atoms with Crippen LogP contribution in [0.1, 0.15) is 12.8 Å². The molecule has 0 radical (unpaired) electrons. The van der Waals surface area contributed by atoms with E-state index in [0.717, 1.165) is 12.8 Å². The van der Waals surface area contributed by atoms with Crippen molar-refractivity contribution < 1.29 is 13.5 Å². The van der Waals surface area contributed by atoms with Gasteiger partial charge >= 0.3 is 0 Å². The van der Waals surface area contributed by atoms with Gasteiger partial charge in [0.2, 0.25) is 10.0 Å². The van der Waals surface area contributed by atoms with Crippen molar-refractivity contribution in [2.24, 2.45) is 11.8 Å². The Labute approximate surface area is 138 Å². The lowest BCUT2D eigenvalue weighted by atomic mass is 10.00. The Bertz CT molecular complexity index is 656. The minimum absolute atomic E-state index is 0.00428. The summed E-state index contributed by atoms with van der Waals surface area (Å²) in [6.07, 6.45) is 1.16. The maximum atomic E-state index is 12.8. The molecule has 1 aliphatic carbocycles. The molecule has 0 spiro atoms. The second kappa shape index (κ2) is 5.55. The standard InChI is InChI=1S/C13H14Cl3NO3S/c14-8-3-10(15)13(11(16)4-8)21(19,20)17-5-7-1-2-12(18)9(7)6-17/h3-4,7,9,12,18H,1-2,5-6H2. The van der Waals surface area contributed by atoms with E-state index in [4.69, 9.17) is 34.8 Å². The van der Waals surface area contributed by atoms with E-state index in [1.807, 2.05) is 0 Å². The Kier molecular flexibility index (Phi) is 4.19. The zero-order chi connectivity index (χ0) is 15.4. The monoisotopic (exact) mass is 369 g/mol. The van der Waals surface area contributed by atoms with Crippen LogP contribution in [0.2, 0.25) is 15.1 Å². The number of rotatable bonds is 2. The van der Waals surface area contributed by atoms with Gasteiger partial charge in [0.15, 0.2) is 0 Å². The van der Waals surface area contributed by atoms with Crippen molar-refractivity contribution in [1.82, 2.24) is 4.31 Å². The molecule has 0 amide bonds. The van der Waals surface area contributed by atoms with Crippen LogP contribution in [-0.4, -0.2) is 37.0 Å². The third-order valence-corrected chi connectivity index (χ3v) is 7.32. The molecule has 2 aliphatic rings. The van der Waals surface area contributed by atoms with Crippen molar-refractivity contribution in [2.75, 3.05) is 13.1 Å². The molecule has 2 fully saturated rings. The quantitative estimate of drug-likeness (QED) is 0.870. The second-order valence-corrected chi connectivity index (χ2v) is 8.71. The first-order valence-corrected chi connectivity index (χ1v) is 9.21. The van der Waals surface area contributed by atoms with Crippen LogP contribution in [0.5, 0.6) is 0 Å². The van der Waals surface area contributed by atoms with E-state index in [9.17, 15) is 13.5 Å². The van der Waals surface area contributed by atoms with Gasteiger partial charge in [0.1, 0.15) is 4.90 Å². The van der Waals surface area contributed by atoms with Gasteiger partial charge in [-0.3, -0.25) is 0 Å². The first kappa shape index (κ1) is 15.8. The first-order chi connectivity index (χ1) is 9.80. The third-order valence-electron chi connectivity index (χ3n) is 4.35. The Morgan fingerprint density at radius 1 is 1.10 bits per heavy atom. The number of aliphatic hydroxyl groups is 1. The minimum Gasteiger partial charge on any atom is -0.393 e.